The Balaban J connectivity index is 2.57. The van der Waals surface area contributed by atoms with Gasteiger partial charge in [-0.2, -0.15) is 0 Å². The van der Waals surface area contributed by atoms with Crippen LogP contribution in [0.5, 0.6) is 0 Å². The van der Waals surface area contributed by atoms with Crippen LogP contribution < -0.4 is 5.32 Å². The van der Waals surface area contributed by atoms with Crippen LogP contribution in [0.2, 0.25) is 0 Å². The zero-order valence-corrected chi connectivity index (χ0v) is 17.5. The van der Waals surface area contributed by atoms with Gasteiger partial charge in [0.25, 0.3) is 0 Å². The Labute approximate surface area is 167 Å². The van der Waals surface area contributed by atoms with Gasteiger partial charge in [0.2, 0.25) is 11.7 Å². The molecule has 1 aliphatic carbocycles. The number of rotatable bonds is 9. The van der Waals surface area contributed by atoms with E-state index in [1.54, 1.807) is 0 Å². The van der Waals surface area contributed by atoms with Crippen molar-refractivity contribution in [3.63, 3.8) is 0 Å². The third-order valence-electron chi connectivity index (χ3n) is 4.30. The summed E-state index contributed by atoms with van der Waals surface area (Å²) >= 11 is 0. The molecule has 0 bridgehead atoms. The first kappa shape index (κ1) is 23.5. The van der Waals surface area contributed by atoms with Crippen LogP contribution in [0, 0.1) is 0 Å². The van der Waals surface area contributed by atoms with E-state index >= 15 is 0 Å². The van der Waals surface area contributed by atoms with Crippen molar-refractivity contribution in [1.82, 2.24) is 5.32 Å². The van der Waals surface area contributed by atoms with Gasteiger partial charge in [-0.3, -0.25) is 14.4 Å². The van der Waals surface area contributed by atoms with Gasteiger partial charge in [0.15, 0.2) is 5.78 Å². The number of amides is 1. The van der Waals surface area contributed by atoms with Crippen LogP contribution in [0.15, 0.2) is 58.4 Å². The molecule has 1 atom stereocenters. The van der Waals surface area contributed by atoms with Gasteiger partial charge in [0.1, 0.15) is 0 Å². The molecule has 1 aliphatic rings. The lowest BCUT2D eigenvalue weighted by Crippen LogP contribution is -2.32. The molecule has 0 aromatic heterocycles. The topological polar surface area (TPSA) is 83.5 Å². The molecule has 0 radical (unpaired) electrons. The Morgan fingerprint density at radius 3 is 2.25 bits per heavy atom. The molecule has 5 heteroatoms. The summed E-state index contributed by atoms with van der Waals surface area (Å²) in [6.45, 7) is 9.55. The molecule has 1 unspecified atom stereocenters. The predicted molar refractivity (Wildman–Crippen MR) is 111 cm³/mol. The maximum atomic E-state index is 12.2. The number of hydrogen-bond donors (Lipinski definition) is 2. The quantitative estimate of drug-likeness (QED) is 0.359. The Morgan fingerprint density at radius 2 is 1.64 bits per heavy atom. The third-order valence-corrected chi connectivity index (χ3v) is 4.30. The smallest absolute Gasteiger partial charge is 0.248 e. The number of Topliss-reactive ketones (excluding diaryl/α,β-unsaturated/α-hetero) is 1. The molecule has 1 amide bonds. The van der Waals surface area contributed by atoms with E-state index in [0.717, 1.165) is 43.4 Å². The number of aliphatic hydroxyl groups is 1. The van der Waals surface area contributed by atoms with Crippen molar-refractivity contribution in [3.05, 3.63) is 58.4 Å². The fourth-order valence-corrected chi connectivity index (χ4v) is 2.73. The Bertz CT molecular complexity index is 772. The first-order valence-electron chi connectivity index (χ1n) is 9.57. The largest absolute Gasteiger partial charge is 0.389 e. The number of allylic oxidation sites excluding steroid dienone is 8. The molecule has 28 heavy (non-hydrogen) atoms. The number of carbonyl (C=O) groups excluding carboxylic acids is 3. The second-order valence-electron chi connectivity index (χ2n) is 7.45. The maximum absolute atomic E-state index is 12.2. The van der Waals surface area contributed by atoms with Crippen LogP contribution in [0.4, 0.5) is 0 Å². The van der Waals surface area contributed by atoms with E-state index in [-0.39, 0.29) is 11.3 Å². The highest BCUT2D eigenvalue weighted by Crippen LogP contribution is 2.15. The summed E-state index contributed by atoms with van der Waals surface area (Å²) in [4.78, 5) is 36.0. The number of nitrogens with one attached hydrogen (secondary N) is 1. The summed E-state index contributed by atoms with van der Waals surface area (Å²) in [5, 5.41) is 12.0. The fourth-order valence-electron chi connectivity index (χ4n) is 2.73. The minimum atomic E-state index is -1.07. The third kappa shape index (κ3) is 8.44. The summed E-state index contributed by atoms with van der Waals surface area (Å²) in [5.41, 5.74) is 3.41. The molecule has 0 aliphatic heterocycles. The first-order valence-corrected chi connectivity index (χ1v) is 9.57. The highest BCUT2D eigenvalue weighted by Gasteiger charge is 2.25. The Morgan fingerprint density at radius 1 is 1.04 bits per heavy atom. The zero-order chi connectivity index (χ0) is 21.3. The summed E-state index contributed by atoms with van der Waals surface area (Å²) in [5.74, 6) is -1.43. The van der Waals surface area contributed by atoms with Crippen LogP contribution in [0.25, 0.3) is 0 Å². The molecule has 2 N–H and O–H groups in total. The van der Waals surface area contributed by atoms with Gasteiger partial charge < -0.3 is 10.4 Å². The van der Waals surface area contributed by atoms with Crippen LogP contribution in [-0.2, 0) is 14.4 Å². The van der Waals surface area contributed by atoms with Crippen molar-refractivity contribution in [2.75, 3.05) is 0 Å². The van der Waals surface area contributed by atoms with Crippen molar-refractivity contribution < 1.29 is 19.5 Å². The lowest BCUT2D eigenvalue weighted by molar-refractivity contribution is -0.119. The zero-order valence-electron chi connectivity index (χ0n) is 17.5. The standard InChI is InChI=1S/C23H31NO4/c1-15(2)8-6-9-16(3)10-7-11-17(4)12-22(27)24-21-14-19(26)13-20(18(5)25)23(21)28/h8,10,12-14,18,25H,6-7,9,11H2,1-5H3,(H,24,27). The van der Waals surface area contributed by atoms with E-state index in [0.29, 0.717) is 0 Å². The first-order chi connectivity index (χ1) is 13.1. The van der Waals surface area contributed by atoms with Crippen LogP contribution in [0.3, 0.4) is 0 Å². The molecule has 0 spiro atoms. The normalized spacial score (nSPS) is 16.4. The second-order valence-corrected chi connectivity index (χ2v) is 7.45. The van der Waals surface area contributed by atoms with Crippen LogP contribution in [0.1, 0.15) is 60.3 Å². The van der Waals surface area contributed by atoms with Crippen molar-refractivity contribution in [3.8, 4) is 0 Å². The molecule has 0 heterocycles. The Hall–Kier alpha value is -2.53. The maximum Gasteiger partial charge on any atom is 0.248 e. The van der Waals surface area contributed by atoms with E-state index in [1.165, 1.54) is 24.1 Å². The molecule has 5 nitrogen and oxygen atoms in total. The highest BCUT2D eigenvalue weighted by atomic mass is 16.3. The fraction of sp³-hybridized carbons (Fsp3) is 0.435. The summed E-state index contributed by atoms with van der Waals surface area (Å²) in [6, 6.07) is 0. The minimum Gasteiger partial charge on any atom is -0.389 e. The van der Waals surface area contributed by atoms with E-state index < -0.39 is 23.6 Å². The van der Waals surface area contributed by atoms with Crippen LogP contribution in [-0.4, -0.2) is 28.7 Å². The molecule has 0 fully saturated rings. The molecule has 0 aromatic rings. The van der Waals surface area contributed by atoms with Crippen LogP contribution >= 0.6 is 0 Å². The molecule has 0 aromatic carbocycles. The average Bonchev–Trinajstić information content (AvgIpc) is 2.57. The molecular weight excluding hydrogens is 354 g/mol. The van der Waals surface area contributed by atoms with Crippen molar-refractivity contribution in [1.29, 1.82) is 0 Å². The molecule has 1 rings (SSSR count). The molecular formula is C23H31NO4. The molecule has 152 valence electrons. The summed E-state index contributed by atoms with van der Waals surface area (Å²) < 4.78 is 0. The monoisotopic (exact) mass is 385 g/mol. The van der Waals surface area contributed by atoms with E-state index in [1.807, 2.05) is 6.92 Å². The van der Waals surface area contributed by atoms with Gasteiger partial charge in [-0.15, -0.1) is 0 Å². The highest BCUT2D eigenvalue weighted by molar-refractivity contribution is 6.21. The van der Waals surface area contributed by atoms with Gasteiger partial charge in [0, 0.05) is 17.7 Å². The SMILES string of the molecule is CC(C)=CCCC(C)=CCCC(C)=CC(=O)NC1=CC(=O)C=C(C(C)O)C1=O. The van der Waals surface area contributed by atoms with Crippen molar-refractivity contribution in [2.24, 2.45) is 0 Å². The predicted octanol–water partition coefficient (Wildman–Crippen LogP) is 3.86. The molecule has 0 saturated heterocycles. The number of carbonyl (C=O) groups is 3. The van der Waals surface area contributed by atoms with Gasteiger partial charge in [-0.25, -0.2) is 0 Å². The lowest BCUT2D eigenvalue weighted by Gasteiger charge is -2.15. The van der Waals surface area contributed by atoms with E-state index in [9.17, 15) is 19.5 Å². The minimum absolute atomic E-state index is 0.0165. The van der Waals surface area contributed by atoms with Gasteiger partial charge >= 0.3 is 0 Å². The van der Waals surface area contributed by atoms with E-state index in [2.05, 4.69) is 38.2 Å². The molecule has 0 saturated carbocycles. The van der Waals surface area contributed by atoms with Gasteiger partial charge in [-0.1, -0.05) is 28.9 Å². The van der Waals surface area contributed by atoms with Gasteiger partial charge in [-0.05, 0) is 66.4 Å². The summed E-state index contributed by atoms with van der Waals surface area (Å²) in [7, 11) is 0. The second kappa shape index (κ2) is 11.3. The average molecular weight is 386 g/mol. The summed E-state index contributed by atoms with van der Waals surface area (Å²) in [6.07, 6.45) is 10.6. The van der Waals surface area contributed by atoms with Crippen molar-refractivity contribution >= 4 is 17.5 Å². The van der Waals surface area contributed by atoms with Crippen molar-refractivity contribution in [2.45, 2.75) is 66.4 Å². The number of aliphatic hydroxyl groups excluding tert-OH is 1. The van der Waals surface area contributed by atoms with E-state index in [4.69, 9.17) is 0 Å². The van der Waals surface area contributed by atoms with Gasteiger partial charge in [0.05, 0.1) is 11.8 Å². The number of hydrogen-bond acceptors (Lipinski definition) is 4. The lowest BCUT2D eigenvalue weighted by atomic mass is 9.96. The Kier molecular flexibility index (Phi) is 9.52. The number of ketones is 2.